The average molecular weight is 247 g/mol. The number of hydrogen-bond donors (Lipinski definition) is 2. The van der Waals surface area contributed by atoms with Crippen LogP contribution in [0.1, 0.15) is 25.8 Å². The third kappa shape index (κ3) is 1.77. The molecule has 2 heterocycles. The van der Waals surface area contributed by atoms with Gasteiger partial charge in [0.15, 0.2) is 11.5 Å². The zero-order chi connectivity index (χ0) is 12.7. The molecule has 2 aromatic rings. The summed E-state index contributed by atoms with van der Waals surface area (Å²) in [7, 11) is 0. The van der Waals surface area contributed by atoms with Crippen molar-refractivity contribution >= 4 is 23.0 Å². The van der Waals surface area contributed by atoms with Gasteiger partial charge in [-0.1, -0.05) is 0 Å². The molecule has 7 heteroatoms. The third-order valence-electron chi connectivity index (χ3n) is 3.02. The van der Waals surface area contributed by atoms with Gasteiger partial charge in [-0.2, -0.15) is 0 Å². The van der Waals surface area contributed by atoms with Gasteiger partial charge in [0, 0.05) is 6.04 Å². The van der Waals surface area contributed by atoms with Crippen molar-refractivity contribution in [3.63, 3.8) is 0 Å². The predicted octanol–water partition coefficient (Wildman–Crippen LogP) is 1.05. The van der Waals surface area contributed by atoms with E-state index in [1.807, 2.05) is 4.57 Å². The average Bonchev–Trinajstić information content (AvgIpc) is 3.09. The Hall–Kier alpha value is -2.18. The first-order valence-electron chi connectivity index (χ1n) is 5.83. The van der Waals surface area contributed by atoms with E-state index in [1.54, 1.807) is 13.3 Å². The Morgan fingerprint density at radius 3 is 2.94 bits per heavy atom. The van der Waals surface area contributed by atoms with Gasteiger partial charge in [-0.25, -0.2) is 15.0 Å². The number of rotatable bonds is 4. The third-order valence-corrected chi connectivity index (χ3v) is 3.02. The van der Waals surface area contributed by atoms with Crippen LogP contribution in [0.4, 0.5) is 5.82 Å². The van der Waals surface area contributed by atoms with Crippen LogP contribution < -0.4 is 5.32 Å². The molecule has 2 aromatic heterocycles. The minimum absolute atomic E-state index is 0.467. The number of imidazole rings is 1. The van der Waals surface area contributed by atoms with E-state index < -0.39 is 12.0 Å². The molecule has 0 radical (unpaired) electrons. The summed E-state index contributed by atoms with van der Waals surface area (Å²) in [6, 6.07) is -0.233. The Morgan fingerprint density at radius 2 is 2.28 bits per heavy atom. The molecular weight excluding hydrogens is 234 g/mol. The molecule has 0 saturated heterocycles. The van der Waals surface area contributed by atoms with Gasteiger partial charge in [0.25, 0.3) is 0 Å². The maximum Gasteiger partial charge on any atom is 0.325 e. The second-order valence-electron chi connectivity index (χ2n) is 4.48. The molecule has 7 nitrogen and oxygen atoms in total. The highest BCUT2D eigenvalue weighted by atomic mass is 16.4. The van der Waals surface area contributed by atoms with Gasteiger partial charge in [0.2, 0.25) is 0 Å². The largest absolute Gasteiger partial charge is 0.480 e. The number of aliphatic carboxylic acids is 1. The summed E-state index contributed by atoms with van der Waals surface area (Å²) in [4.78, 5) is 23.4. The monoisotopic (exact) mass is 247 g/mol. The van der Waals surface area contributed by atoms with Crippen molar-refractivity contribution in [2.24, 2.45) is 0 Å². The van der Waals surface area contributed by atoms with E-state index in [1.165, 1.54) is 6.33 Å². The number of hydrogen-bond acceptors (Lipinski definition) is 5. The Morgan fingerprint density at radius 1 is 1.50 bits per heavy atom. The van der Waals surface area contributed by atoms with Gasteiger partial charge in [-0.15, -0.1) is 0 Å². The molecule has 1 fully saturated rings. The molecule has 1 unspecified atom stereocenters. The zero-order valence-corrected chi connectivity index (χ0v) is 9.87. The fourth-order valence-corrected chi connectivity index (χ4v) is 1.84. The standard InChI is InChI=1S/C11H13N5O2/c1-6(11(17)18)15-9-8-10(13-4-12-9)16(5-14-8)7-2-3-7/h4-7H,2-3H2,1H3,(H,17,18)(H,12,13,15). The second-order valence-corrected chi connectivity index (χ2v) is 4.48. The molecule has 0 aromatic carbocycles. The van der Waals surface area contributed by atoms with Crippen LogP contribution in [-0.4, -0.2) is 36.6 Å². The molecule has 1 atom stereocenters. The van der Waals surface area contributed by atoms with Gasteiger partial charge in [0.1, 0.15) is 17.9 Å². The Kier molecular flexibility index (Phi) is 2.39. The Balaban J connectivity index is 1.99. The van der Waals surface area contributed by atoms with Crippen LogP contribution in [0.25, 0.3) is 11.2 Å². The number of aromatic nitrogens is 4. The van der Waals surface area contributed by atoms with Crippen LogP contribution in [0.3, 0.4) is 0 Å². The highest BCUT2D eigenvalue weighted by Gasteiger charge is 2.26. The second kappa shape index (κ2) is 3.94. The van der Waals surface area contributed by atoms with E-state index >= 15 is 0 Å². The molecule has 3 rings (SSSR count). The molecular formula is C11H13N5O2. The van der Waals surface area contributed by atoms with Gasteiger partial charge in [-0.3, -0.25) is 4.79 Å². The van der Waals surface area contributed by atoms with Crippen LogP contribution in [0.15, 0.2) is 12.7 Å². The lowest BCUT2D eigenvalue weighted by Gasteiger charge is -2.09. The first-order chi connectivity index (χ1) is 8.66. The summed E-state index contributed by atoms with van der Waals surface area (Å²) >= 11 is 0. The normalized spacial score (nSPS) is 16.7. The van der Waals surface area contributed by atoms with Crippen LogP contribution in [-0.2, 0) is 4.79 Å². The van der Waals surface area contributed by atoms with Crippen LogP contribution in [0.2, 0.25) is 0 Å². The summed E-state index contributed by atoms with van der Waals surface area (Å²) < 4.78 is 2.02. The molecule has 18 heavy (non-hydrogen) atoms. The Labute approximate surface area is 103 Å². The maximum absolute atomic E-state index is 10.8. The molecule has 94 valence electrons. The van der Waals surface area contributed by atoms with Crippen molar-refractivity contribution in [1.29, 1.82) is 0 Å². The van der Waals surface area contributed by atoms with E-state index in [9.17, 15) is 4.79 Å². The molecule has 0 spiro atoms. The minimum atomic E-state index is -0.927. The van der Waals surface area contributed by atoms with Gasteiger partial charge in [-0.05, 0) is 19.8 Å². The minimum Gasteiger partial charge on any atom is -0.480 e. The molecule has 0 bridgehead atoms. The molecule has 1 aliphatic carbocycles. The molecule has 0 amide bonds. The first-order valence-corrected chi connectivity index (χ1v) is 5.83. The topological polar surface area (TPSA) is 92.9 Å². The number of nitrogens with one attached hydrogen (secondary N) is 1. The molecule has 2 N–H and O–H groups in total. The summed E-state index contributed by atoms with van der Waals surface area (Å²) in [5.41, 5.74) is 1.38. The fraction of sp³-hybridized carbons (Fsp3) is 0.455. The highest BCUT2D eigenvalue weighted by molar-refractivity contribution is 5.85. The Bertz CT molecular complexity index is 604. The van der Waals surface area contributed by atoms with Gasteiger partial charge < -0.3 is 15.0 Å². The number of anilines is 1. The van der Waals surface area contributed by atoms with Crippen LogP contribution in [0, 0.1) is 0 Å². The number of nitrogens with zero attached hydrogens (tertiary/aromatic N) is 4. The summed E-state index contributed by atoms with van der Waals surface area (Å²) in [6.07, 6.45) is 5.46. The zero-order valence-electron chi connectivity index (χ0n) is 9.87. The molecule has 1 saturated carbocycles. The van der Waals surface area contributed by atoms with Crippen molar-refractivity contribution in [3.8, 4) is 0 Å². The lowest BCUT2D eigenvalue weighted by molar-refractivity contribution is -0.137. The highest BCUT2D eigenvalue weighted by Crippen LogP contribution is 2.37. The number of carboxylic acid groups (broad SMARTS) is 1. The summed E-state index contributed by atoms with van der Waals surface area (Å²) in [5.74, 6) is -0.460. The lowest BCUT2D eigenvalue weighted by Crippen LogP contribution is -2.26. The lowest BCUT2D eigenvalue weighted by atomic mass is 10.3. The predicted molar refractivity (Wildman–Crippen MR) is 64.3 cm³/mol. The summed E-state index contributed by atoms with van der Waals surface area (Å²) in [6.45, 7) is 1.56. The van der Waals surface area contributed by atoms with Crippen molar-refractivity contribution < 1.29 is 9.90 Å². The number of carboxylic acids is 1. The summed E-state index contributed by atoms with van der Waals surface area (Å²) in [5, 5.41) is 11.7. The molecule has 1 aliphatic rings. The molecule has 0 aliphatic heterocycles. The van der Waals surface area contributed by atoms with Crippen molar-refractivity contribution in [3.05, 3.63) is 12.7 Å². The quantitative estimate of drug-likeness (QED) is 0.838. The van der Waals surface area contributed by atoms with E-state index in [0.717, 1.165) is 18.5 Å². The van der Waals surface area contributed by atoms with Gasteiger partial charge in [0.05, 0.1) is 6.33 Å². The fourth-order valence-electron chi connectivity index (χ4n) is 1.84. The van der Waals surface area contributed by atoms with Crippen molar-refractivity contribution in [2.75, 3.05) is 5.32 Å². The van der Waals surface area contributed by atoms with E-state index in [0.29, 0.717) is 17.4 Å². The SMILES string of the molecule is CC(Nc1ncnc2c1ncn2C1CC1)C(=O)O. The van der Waals surface area contributed by atoms with Crippen LogP contribution >= 0.6 is 0 Å². The van der Waals surface area contributed by atoms with Crippen LogP contribution in [0.5, 0.6) is 0 Å². The first kappa shape index (κ1) is 10.9. The smallest absolute Gasteiger partial charge is 0.325 e. The number of fused-ring (bicyclic) bond motifs is 1. The van der Waals surface area contributed by atoms with E-state index in [-0.39, 0.29) is 0 Å². The van der Waals surface area contributed by atoms with Gasteiger partial charge >= 0.3 is 5.97 Å². The van der Waals surface area contributed by atoms with Crippen molar-refractivity contribution in [2.45, 2.75) is 31.8 Å². The maximum atomic E-state index is 10.8. The van der Waals surface area contributed by atoms with E-state index in [2.05, 4.69) is 20.3 Å². The van der Waals surface area contributed by atoms with E-state index in [4.69, 9.17) is 5.11 Å². The number of carbonyl (C=O) groups is 1. The van der Waals surface area contributed by atoms with Crippen molar-refractivity contribution in [1.82, 2.24) is 19.5 Å².